The first-order valence-corrected chi connectivity index (χ1v) is 9.84. The van der Waals surface area contributed by atoms with Gasteiger partial charge < -0.3 is 15.2 Å². The van der Waals surface area contributed by atoms with Gasteiger partial charge in [-0.1, -0.05) is 26.0 Å². The lowest BCUT2D eigenvalue weighted by molar-refractivity contribution is 0.0566. The van der Waals surface area contributed by atoms with Gasteiger partial charge in [0.05, 0.1) is 6.10 Å². The number of benzene rings is 1. The van der Waals surface area contributed by atoms with Crippen molar-refractivity contribution in [3.05, 3.63) is 35.0 Å². The number of piperidine rings is 1. The molecule has 1 aromatic carbocycles. The average molecular weight is 342 g/mol. The molecule has 136 valence electrons. The number of hydrogen-bond donors (Lipinski definition) is 3. The van der Waals surface area contributed by atoms with E-state index in [1.54, 1.807) is 0 Å². The van der Waals surface area contributed by atoms with Crippen LogP contribution in [0.1, 0.15) is 62.0 Å². The van der Waals surface area contributed by atoms with Crippen molar-refractivity contribution in [1.82, 2.24) is 9.88 Å². The number of aromatic amines is 1. The van der Waals surface area contributed by atoms with Crippen molar-refractivity contribution in [2.45, 2.75) is 57.6 Å². The molecule has 4 nitrogen and oxygen atoms in total. The lowest BCUT2D eigenvalue weighted by Crippen LogP contribution is -2.50. The lowest BCUT2D eigenvalue weighted by atomic mass is 9.71. The van der Waals surface area contributed by atoms with Gasteiger partial charge in [0.15, 0.2) is 0 Å². The molecule has 0 spiro atoms. The minimum absolute atomic E-state index is 0.277. The van der Waals surface area contributed by atoms with Gasteiger partial charge in [-0.2, -0.15) is 0 Å². The SMILES string of the molecule is CCCN1CC(CO)C[C@@H]2c3cccc4[nH]c(C(O)CC)c(c34)C[C@H]21. The number of aliphatic hydroxyl groups excluding tert-OH is 2. The Morgan fingerprint density at radius 3 is 2.88 bits per heavy atom. The van der Waals surface area contributed by atoms with E-state index in [2.05, 4.69) is 35.0 Å². The highest BCUT2D eigenvalue weighted by Crippen LogP contribution is 2.46. The summed E-state index contributed by atoms with van der Waals surface area (Å²) in [5.41, 5.74) is 4.91. The molecular weight excluding hydrogens is 312 g/mol. The predicted molar refractivity (Wildman–Crippen MR) is 101 cm³/mol. The van der Waals surface area contributed by atoms with Gasteiger partial charge in [0, 0.05) is 41.7 Å². The molecule has 2 heterocycles. The smallest absolute Gasteiger partial charge is 0.0938 e. The van der Waals surface area contributed by atoms with E-state index in [1.165, 1.54) is 16.5 Å². The molecule has 0 amide bonds. The highest BCUT2D eigenvalue weighted by Gasteiger charge is 2.41. The Balaban J connectivity index is 1.84. The third-order valence-electron chi connectivity index (χ3n) is 6.31. The summed E-state index contributed by atoms with van der Waals surface area (Å²) in [5.74, 6) is 0.848. The van der Waals surface area contributed by atoms with Crippen LogP contribution < -0.4 is 0 Å². The molecule has 0 radical (unpaired) electrons. The standard InChI is InChI=1S/C21H30N2O2/c1-3-8-23-11-13(12-24)9-15-14-6-5-7-17-20(14)16(10-18(15)23)21(22-17)19(25)4-2/h5-7,13,15,18-19,22,24-25H,3-4,8-12H2,1-2H3/t13?,15-,18-,19?/m1/s1. The second-order valence-corrected chi connectivity index (χ2v) is 7.87. The van der Waals surface area contributed by atoms with Crippen LogP contribution in [0.2, 0.25) is 0 Å². The number of hydrogen-bond acceptors (Lipinski definition) is 3. The number of aliphatic hydroxyl groups is 2. The molecule has 0 saturated carbocycles. The zero-order chi connectivity index (χ0) is 17.6. The summed E-state index contributed by atoms with van der Waals surface area (Å²) >= 11 is 0. The van der Waals surface area contributed by atoms with Gasteiger partial charge in [-0.25, -0.2) is 0 Å². The predicted octanol–water partition coefficient (Wildman–Crippen LogP) is 3.34. The van der Waals surface area contributed by atoms with Crippen LogP contribution in [0.25, 0.3) is 10.9 Å². The first-order valence-electron chi connectivity index (χ1n) is 9.84. The van der Waals surface area contributed by atoms with Gasteiger partial charge in [-0.3, -0.25) is 4.90 Å². The van der Waals surface area contributed by atoms with E-state index < -0.39 is 6.10 Å². The summed E-state index contributed by atoms with van der Waals surface area (Å²) in [6, 6.07) is 7.02. The Hall–Kier alpha value is -1.36. The summed E-state index contributed by atoms with van der Waals surface area (Å²) < 4.78 is 0. The fraction of sp³-hybridized carbons (Fsp3) is 0.619. The van der Waals surface area contributed by atoms with Crippen molar-refractivity contribution in [2.75, 3.05) is 19.7 Å². The van der Waals surface area contributed by atoms with E-state index in [9.17, 15) is 10.2 Å². The Kier molecular flexibility index (Phi) is 4.61. The quantitative estimate of drug-likeness (QED) is 0.781. The van der Waals surface area contributed by atoms with Crippen molar-refractivity contribution in [1.29, 1.82) is 0 Å². The summed E-state index contributed by atoms with van der Waals surface area (Å²) in [6.45, 7) is 6.62. The highest BCUT2D eigenvalue weighted by atomic mass is 16.3. The molecule has 1 saturated heterocycles. The Morgan fingerprint density at radius 2 is 2.16 bits per heavy atom. The highest BCUT2D eigenvalue weighted by molar-refractivity contribution is 5.90. The molecule has 4 atom stereocenters. The normalized spacial score (nSPS) is 27.4. The van der Waals surface area contributed by atoms with Crippen LogP contribution in [0.15, 0.2) is 18.2 Å². The molecule has 0 bridgehead atoms. The van der Waals surface area contributed by atoms with Crippen LogP contribution in [0, 0.1) is 5.92 Å². The fourth-order valence-corrected chi connectivity index (χ4v) is 5.18. The van der Waals surface area contributed by atoms with Crippen LogP contribution in [-0.2, 0) is 6.42 Å². The first-order chi connectivity index (χ1) is 12.2. The molecular formula is C21H30N2O2. The van der Waals surface area contributed by atoms with Crippen molar-refractivity contribution in [2.24, 2.45) is 5.92 Å². The van der Waals surface area contributed by atoms with E-state index in [-0.39, 0.29) is 6.61 Å². The lowest BCUT2D eigenvalue weighted by Gasteiger charge is -2.47. The summed E-state index contributed by atoms with van der Waals surface area (Å²) in [7, 11) is 0. The van der Waals surface area contributed by atoms with Crippen LogP contribution in [0.4, 0.5) is 0 Å². The van der Waals surface area contributed by atoms with Gasteiger partial charge in [-0.15, -0.1) is 0 Å². The monoisotopic (exact) mass is 342 g/mol. The molecule has 25 heavy (non-hydrogen) atoms. The molecule has 1 aromatic heterocycles. The van der Waals surface area contributed by atoms with Crippen LogP contribution in [0.3, 0.4) is 0 Å². The van der Waals surface area contributed by atoms with Gasteiger partial charge in [-0.05, 0) is 55.3 Å². The Bertz CT molecular complexity index is 754. The average Bonchev–Trinajstić information content (AvgIpc) is 3.01. The van der Waals surface area contributed by atoms with Crippen molar-refractivity contribution < 1.29 is 10.2 Å². The van der Waals surface area contributed by atoms with Crippen LogP contribution in [0.5, 0.6) is 0 Å². The molecule has 2 aliphatic rings. The number of nitrogens with one attached hydrogen (secondary N) is 1. The molecule has 1 aliphatic heterocycles. The molecule has 3 N–H and O–H groups in total. The first kappa shape index (κ1) is 17.1. The van der Waals surface area contributed by atoms with E-state index in [1.807, 2.05) is 6.92 Å². The molecule has 2 aromatic rings. The number of nitrogens with zero attached hydrogens (tertiary/aromatic N) is 1. The number of aromatic nitrogens is 1. The largest absolute Gasteiger partial charge is 0.396 e. The van der Waals surface area contributed by atoms with E-state index in [0.717, 1.165) is 50.0 Å². The molecule has 1 aliphatic carbocycles. The minimum atomic E-state index is -0.416. The molecule has 4 heteroatoms. The van der Waals surface area contributed by atoms with Crippen LogP contribution in [-0.4, -0.2) is 45.8 Å². The summed E-state index contributed by atoms with van der Waals surface area (Å²) in [5, 5.41) is 21.7. The van der Waals surface area contributed by atoms with Gasteiger partial charge in [0.25, 0.3) is 0 Å². The Labute approximate surface area is 149 Å². The van der Waals surface area contributed by atoms with Crippen molar-refractivity contribution >= 4 is 10.9 Å². The third kappa shape index (κ3) is 2.71. The second kappa shape index (κ2) is 6.75. The van der Waals surface area contributed by atoms with Gasteiger partial charge in [0.1, 0.15) is 0 Å². The second-order valence-electron chi connectivity index (χ2n) is 7.87. The number of likely N-dealkylation sites (tertiary alicyclic amines) is 1. The van der Waals surface area contributed by atoms with Crippen molar-refractivity contribution in [3.8, 4) is 0 Å². The number of H-pyrrole nitrogens is 1. The van der Waals surface area contributed by atoms with E-state index >= 15 is 0 Å². The van der Waals surface area contributed by atoms with E-state index in [4.69, 9.17) is 0 Å². The van der Waals surface area contributed by atoms with Gasteiger partial charge in [0.2, 0.25) is 0 Å². The molecule has 2 unspecified atom stereocenters. The van der Waals surface area contributed by atoms with Crippen molar-refractivity contribution in [3.63, 3.8) is 0 Å². The zero-order valence-electron chi connectivity index (χ0n) is 15.3. The fourth-order valence-electron chi connectivity index (χ4n) is 5.18. The maximum absolute atomic E-state index is 10.5. The summed E-state index contributed by atoms with van der Waals surface area (Å²) in [6.07, 6.45) is 3.52. The zero-order valence-corrected chi connectivity index (χ0v) is 15.3. The third-order valence-corrected chi connectivity index (χ3v) is 6.31. The topological polar surface area (TPSA) is 59.5 Å². The number of rotatable bonds is 5. The molecule has 1 fully saturated rings. The number of fused-ring (bicyclic) bond motifs is 2. The summed E-state index contributed by atoms with van der Waals surface area (Å²) in [4.78, 5) is 6.10. The minimum Gasteiger partial charge on any atom is -0.396 e. The maximum atomic E-state index is 10.5. The Morgan fingerprint density at radius 1 is 1.32 bits per heavy atom. The van der Waals surface area contributed by atoms with E-state index in [0.29, 0.717) is 17.9 Å². The molecule has 4 rings (SSSR count). The van der Waals surface area contributed by atoms with Gasteiger partial charge >= 0.3 is 0 Å². The van der Waals surface area contributed by atoms with Crippen LogP contribution >= 0.6 is 0 Å². The maximum Gasteiger partial charge on any atom is 0.0938 e.